The predicted octanol–water partition coefficient (Wildman–Crippen LogP) is 8.98. The first-order valence-electron chi connectivity index (χ1n) is 13.9. The molecular weight excluding hydrogens is 454 g/mol. The molecule has 0 saturated heterocycles. The van der Waals surface area contributed by atoms with Crippen LogP contribution in [0.1, 0.15) is 74.6 Å². The maximum atomic E-state index is 6.71. The molecule has 0 N–H and O–H groups in total. The molecule has 0 spiro atoms. The van der Waals surface area contributed by atoms with E-state index < -0.39 is 5.79 Å². The summed E-state index contributed by atoms with van der Waals surface area (Å²) in [7, 11) is 2.09. The van der Waals surface area contributed by atoms with E-state index in [1.807, 2.05) is 0 Å². The molecule has 1 aromatic heterocycles. The van der Waals surface area contributed by atoms with Gasteiger partial charge in [-0.15, -0.1) is 0 Å². The lowest BCUT2D eigenvalue weighted by molar-refractivity contribution is -0.0946. The summed E-state index contributed by atoms with van der Waals surface area (Å²) in [5, 5.41) is 1.24. The molecule has 3 aromatic carbocycles. The second kappa shape index (κ2) is 10.9. The summed E-state index contributed by atoms with van der Waals surface area (Å²) in [4.78, 5) is 0. The maximum Gasteiger partial charge on any atom is 0.278 e. The molecule has 37 heavy (non-hydrogen) atoms. The molecule has 3 nitrogen and oxygen atoms in total. The number of unbranched alkanes of at least 4 members (excludes halogenated alkanes) is 3. The van der Waals surface area contributed by atoms with Gasteiger partial charge in [-0.3, -0.25) is 0 Å². The molecule has 0 aliphatic carbocycles. The third-order valence-corrected chi connectivity index (χ3v) is 7.55. The largest absolute Gasteiger partial charge is 0.444 e. The zero-order valence-corrected chi connectivity index (χ0v) is 22.6. The van der Waals surface area contributed by atoms with Crippen LogP contribution in [-0.2, 0) is 25.7 Å². The van der Waals surface area contributed by atoms with Gasteiger partial charge < -0.3 is 14.0 Å². The lowest BCUT2D eigenvalue weighted by Crippen LogP contribution is -2.35. The van der Waals surface area contributed by atoms with Crippen molar-refractivity contribution in [2.45, 2.75) is 71.0 Å². The van der Waals surface area contributed by atoms with Crippen LogP contribution >= 0.6 is 0 Å². The molecule has 0 fully saturated rings. The Morgan fingerprint density at radius 3 is 2.38 bits per heavy atom. The van der Waals surface area contributed by atoms with Crippen LogP contribution in [0.15, 0.2) is 79.5 Å². The highest BCUT2D eigenvalue weighted by atomic mass is 16.7. The summed E-state index contributed by atoms with van der Waals surface area (Å²) in [6.45, 7) is 8.91. The Balaban J connectivity index is 1.38. The first-order valence-corrected chi connectivity index (χ1v) is 13.9. The summed E-state index contributed by atoms with van der Waals surface area (Å²) in [6, 6.07) is 23.7. The molecule has 1 aliphatic heterocycles. The van der Waals surface area contributed by atoms with Crippen LogP contribution in [0.25, 0.3) is 16.5 Å². The molecule has 3 heteroatoms. The summed E-state index contributed by atoms with van der Waals surface area (Å²) >= 11 is 0. The Morgan fingerprint density at radius 1 is 0.838 bits per heavy atom. The quantitative estimate of drug-likeness (QED) is 0.195. The van der Waals surface area contributed by atoms with Crippen molar-refractivity contribution in [3.63, 3.8) is 0 Å². The fourth-order valence-electron chi connectivity index (χ4n) is 5.53. The number of aromatic nitrogens is 1. The number of hydrogen-bond donors (Lipinski definition) is 0. The average molecular weight is 494 g/mol. The van der Waals surface area contributed by atoms with Gasteiger partial charge >= 0.3 is 0 Å². The van der Waals surface area contributed by atoms with E-state index in [2.05, 4.69) is 105 Å². The number of para-hydroxylation sites is 1. The normalized spacial score (nSPS) is 16.4. The zero-order valence-electron chi connectivity index (χ0n) is 22.6. The topological polar surface area (TPSA) is 23.4 Å². The standard InChI is InChI=1S/C34H39NO2/c1-5-7-8-11-21-34(28-18-15-26(12-6-2)16-19-28)36-32-20-17-27(23-33(32)37-34)22-25(3)30-24-35(4)31-14-10-9-13-29(30)31/h9-10,13-20,23-24H,3,5-8,11-12,21-22H2,1-2,4H3. The third-order valence-electron chi connectivity index (χ3n) is 7.55. The summed E-state index contributed by atoms with van der Waals surface area (Å²) in [5.41, 5.74) is 7.17. The van der Waals surface area contributed by atoms with E-state index in [1.165, 1.54) is 46.9 Å². The van der Waals surface area contributed by atoms with Crippen molar-refractivity contribution in [2.75, 3.05) is 0 Å². The molecule has 0 amide bonds. The van der Waals surface area contributed by atoms with Gasteiger partial charge in [0.05, 0.1) is 0 Å². The number of fused-ring (bicyclic) bond motifs is 2. The monoisotopic (exact) mass is 493 g/mol. The molecular formula is C34H39NO2. The lowest BCUT2D eigenvalue weighted by Gasteiger charge is -2.28. The maximum absolute atomic E-state index is 6.71. The highest BCUT2D eigenvalue weighted by Crippen LogP contribution is 2.47. The molecule has 0 radical (unpaired) electrons. The fraction of sp³-hybridized carbons (Fsp3) is 0.353. The van der Waals surface area contributed by atoms with Crippen molar-refractivity contribution in [2.24, 2.45) is 7.05 Å². The molecule has 0 bridgehead atoms. The minimum Gasteiger partial charge on any atom is -0.444 e. The minimum absolute atomic E-state index is 0.758. The van der Waals surface area contributed by atoms with E-state index in [0.717, 1.165) is 54.7 Å². The Bertz CT molecular complexity index is 1380. The van der Waals surface area contributed by atoms with Crippen LogP contribution in [0.2, 0.25) is 0 Å². The number of nitrogens with zero attached hydrogens (tertiary/aromatic N) is 1. The van der Waals surface area contributed by atoms with Gasteiger partial charge in [0.2, 0.25) is 0 Å². The van der Waals surface area contributed by atoms with Crippen LogP contribution in [0.4, 0.5) is 0 Å². The Labute approximate surface area is 221 Å². The van der Waals surface area contributed by atoms with E-state index >= 15 is 0 Å². The Hall–Kier alpha value is -3.46. The molecule has 1 aliphatic rings. The average Bonchev–Trinajstić information content (AvgIpc) is 3.45. The van der Waals surface area contributed by atoms with Crippen LogP contribution in [-0.4, -0.2) is 4.57 Å². The molecule has 2 heterocycles. The molecule has 1 atom stereocenters. The number of hydrogen-bond acceptors (Lipinski definition) is 2. The van der Waals surface area contributed by atoms with Gasteiger partial charge in [0.15, 0.2) is 11.5 Å². The van der Waals surface area contributed by atoms with E-state index in [9.17, 15) is 0 Å². The first kappa shape index (κ1) is 25.2. The lowest BCUT2D eigenvalue weighted by atomic mass is 9.97. The number of ether oxygens (including phenoxy) is 2. The van der Waals surface area contributed by atoms with Gasteiger partial charge in [-0.25, -0.2) is 0 Å². The third kappa shape index (κ3) is 5.18. The predicted molar refractivity (Wildman–Crippen MR) is 154 cm³/mol. The van der Waals surface area contributed by atoms with Crippen molar-refractivity contribution < 1.29 is 9.47 Å². The minimum atomic E-state index is -0.758. The molecule has 0 saturated carbocycles. The Morgan fingerprint density at radius 2 is 1.59 bits per heavy atom. The molecule has 192 valence electrons. The second-order valence-corrected chi connectivity index (χ2v) is 10.4. The number of aryl methyl sites for hydroxylation is 2. The summed E-state index contributed by atoms with van der Waals surface area (Å²) in [5.74, 6) is 0.899. The molecule has 5 rings (SSSR count). The van der Waals surface area contributed by atoms with Crippen molar-refractivity contribution in [1.29, 1.82) is 0 Å². The van der Waals surface area contributed by atoms with Gasteiger partial charge in [-0.05, 0) is 54.2 Å². The van der Waals surface area contributed by atoms with Crippen LogP contribution < -0.4 is 9.47 Å². The molecule has 4 aromatic rings. The van der Waals surface area contributed by atoms with Crippen LogP contribution in [0.3, 0.4) is 0 Å². The van der Waals surface area contributed by atoms with Crippen molar-refractivity contribution in [1.82, 2.24) is 4.57 Å². The number of benzene rings is 3. The number of allylic oxidation sites excluding steroid dienone is 1. The van der Waals surface area contributed by atoms with Gasteiger partial charge in [-0.1, -0.05) is 94.6 Å². The summed E-state index contributed by atoms with van der Waals surface area (Å²) in [6.07, 6.45) is 10.7. The van der Waals surface area contributed by atoms with E-state index in [4.69, 9.17) is 9.47 Å². The summed E-state index contributed by atoms with van der Waals surface area (Å²) < 4.78 is 15.5. The van der Waals surface area contributed by atoms with Crippen LogP contribution in [0, 0.1) is 0 Å². The fourth-order valence-corrected chi connectivity index (χ4v) is 5.53. The Kier molecular flexibility index (Phi) is 7.41. The first-order chi connectivity index (χ1) is 18.0. The van der Waals surface area contributed by atoms with E-state index in [-0.39, 0.29) is 0 Å². The number of rotatable bonds is 11. The van der Waals surface area contributed by atoms with Crippen molar-refractivity contribution in [3.05, 3.63) is 102 Å². The SMILES string of the molecule is C=C(Cc1ccc2c(c1)OC(CCCCCC)(c1ccc(CCC)cc1)O2)c1cn(C)c2ccccc12. The van der Waals surface area contributed by atoms with Gasteiger partial charge in [0.1, 0.15) is 0 Å². The van der Waals surface area contributed by atoms with Gasteiger partial charge in [0.25, 0.3) is 5.79 Å². The van der Waals surface area contributed by atoms with Gasteiger partial charge in [0, 0.05) is 41.7 Å². The zero-order chi connectivity index (χ0) is 25.8. The highest BCUT2D eigenvalue weighted by molar-refractivity contribution is 5.93. The van der Waals surface area contributed by atoms with E-state index in [0.29, 0.717) is 0 Å². The van der Waals surface area contributed by atoms with Gasteiger partial charge in [-0.2, -0.15) is 0 Å². The second-order valence-electron chi connectivity index (χ2n) is 10.4. The highest BCUT2D eigenvalue weighted by Gasteiger charge is 2.43. The molecule has 1 unspecified atom stereocenters. The van der Waals surface area contributed by atoms with Crippen molar-refractivity contribution >= 4 is 16.5 Å². The smallest absolute Gasteiger partial charge is 0.278 e. The van der Waals surface area contributed by atoms with E-state index in [1.54, 1.807) is 0 Å². The van der Waals surface area contributed by atoms with Crippen LogP contribution in [0.5, 0.6) is 11.5 Å². The van der Waals surface area contributed by atoms with Crippen molar-refractivity contribution in [3.8, 4) is 11.5 Å².